The summed E-state index contributed by atoms with van der Waals surface area (Å²) >= 11 is 0. The molecule has 0 bridgehead atoms. The Labute approximate surface area is 155 Å². The Hall–Kier alpha value is -1.75. The van der Waals surface area contributed by atoms with Gasteiger partial charge in [-0.25, -0.2) is 4.99 Å². The lowest BCUT2D eigenvalue weighted by atomic mass is 9.46. The van der Waals surface area contributed by atoms with E-state index in [1.54, 1.807) is 0 Å². The van der Waals surface area contributed by atoms with Gasteiger partial charge in [0.2, 0.25) is 0 Å². The molecule has 4 aliphatic rings. The second-order valence-corrected chi connectivity index (χ2v) is 8.22. The molecule has 5 nitrogen and oxygen atoms in total. The Balaban J connectivity index is 1.25. The van der Waals surface area contributed by atoms with Crippen molar-refractivity contribution in [2.75, 3.05) is 19.7 Å². The smallest absolute Gasteiger partial charge is 0.191 e. The minimum absolute atomic E-state index is 0.143. The van der Waals surface area contributed by atoms with E-state index in [1.807, 2.05) is 6.07 Å². The Kier molecular flexibility index (Phi) is 4.07. The van der Waals surface area contributed by atoms with Crippen molar-refractivity contribution >= 4 is 5.96 Å². The first kappa shape index (κ1) is 16.4. The van der Waals surface area contributed by atoms with Crippen molar-refractivity contribution in [1.82, 2.24) is 10.6 Å². The molecule has 1 aromatic rings. The quantitative estimate of drug-likeness (QED) is 0.644. The van der Waals surface area contributed by atoms with Crippen molar-refractivity contribution in [1.29, 1.82) is 0 Å². The number of aliphatic imine (C=N–C) groups is 1. The largest absolute Gasteiger partial charge is 0.488 e. The van der Waals surface area contributed by atoms with Crippen LogP contribution < -0.4 is 15.4 Å². The maximum absolute atomic E-state index is 6.04. The van der Waals surface area contributed by atoms with Gasteiger partial charge in [0.15, 0.2) is 5.96 Å². The number of nitrogens with zero attached hydrogens (tertiary/aromatic N) is 1. The number of hydrogen-bond donors (Lipinski definition) is 2. The van der Waals surface area contributed by atoms with Crippen molar-refractivity contribution in [2.24, 2.45) is 16.3 Å². The van der Waals surface area contributed by atoms with Gasteiger partial charge in [-0.15, -0.1) is 0 Å². The Morgan fingerprint density at radius 3 is 2.96 bits per heavy atom. The lowest BCUT2D eigenvalue weighted by Crippen LogP contribution is -2.72. The molecule has 5 rings (SSSR count). The fraction of sp³-hybridized carbons (Fsp3) is 0.667. The average molecular weight is 355 g/mol. The van der Waals surface area contributed by atoms with Crippen LogP contribution in [-0.4, -0.2) is 43.9 Å². The number of benzene rings is 1. The first-order chi connectivity index (χ1) is 12.8. The first-order valence-electron chi connectivity index (χ1n) is 10.2. The number of para-hydroxylation sites is 1. The highest BCUT2D eigenvalue weighted by Gasteiger charge is 2.66. The van der Waals surface area contributed by atoms with E-state index < -0.39 is 0 Å². The van der Waals surface area contributed by atoms with E-state index in [1.165, 1.54) is 31.2 Å². The molecule has 0 amide bonds. The fourth-order valence-corrected chi connectivity index (χ4v) is 5.47. The summed E-state index contributed by atoms with van der Waals surface area (Å²) in [5, 5.41) is 7.20. The summed E-state index contributed by atoms with van der Waals surface area (Å²) in [5.41, 5.74) is 1.67. The average Bonchev–Trinajstić information content (AvgIpc) is 3.20. The van der Waals surface area contributed by atoms with Crippen molar-refractivity contribution in [2.45, 2.75) is 57.3 Å². The summed E-state index contributed by atoms with van der Waals surface area (Å²) in [6.07, 6.45) is 6.70. The fourth-order valence-electron chi connectivity index (χ4n) is 5.47. The van der Waals surface area contributed by atoms with Crippen molar-refractivity contribution in [3.63, 3.8) is 0 Å². The van der Waals surface area contributed by atoms with E-state index in [2.05, 4.69) is 35.8 Å². The van der Waals surface area contributed by atoms with E-state index in [0.717, 1.165) is 31.3 Å². The molecule has 2 heterocycles. The monoisotopic (exact) mass is 355 g/mol. The third-order valence-corrected chi connectivity index (χ3v) is 6.84. The number of rotatable bonds is 4. The van der Waals surface area contributed by atoms with Crippen LogP contribution in [0.25, 0.3) is 0 Å². The summed E-state index contributed by atoms with van der Waals surface area (Å²) in [4.78, 5) is 4.87. The first-order valence-corrected chi connectivity index (χ1v) is 10.2. The molecule has 3 fully saturated rings. The predicted molar refractivity (Wildman–Crippen MR) is 102 cm³/mol. The van der Waals surface area contributed by atoms with E-state index in [4.69, 9.17) is 14.5 Å². The maximum Gasteiger partial charge on any atom is 0.191 e. The summed E-state index contributed by atoms with van der Waals surface area (Å²) < 4.78 is 12.1. The second-order valence-electron chi connectivity index (χ2n) is 8.22. The molecule has 2 aliphatic carbocycles. The van der Waals surface area contributed by atoms with Gasteiger partial charge in [0.1, 0.15) is 11.9 Å². The minimum atomic E-state index is 0.143. The lowest BCUT2D eigenvalue weighted by molar-refractivity contribution is -0.171. The molecule has 2 N–H and O–H groups in total. The number of ether oxygens (including phenoxy) is 2. The molecule has 0 aromatic heterocycles. The van der Waals surface area contributed by atoms with Crippen molar-refractivity contribution < 1.29 is 9.47 Å². The molecule has 2 saturated carbocycles. The number of fused-ring (bicyclic) bond motifs is 3. The molecule has 0 radical (unpaired) electrons. The highest BCUT2D eigenvalue weighted by atomic mass is 16.5. The zero-order valence-electron chi connectivity index (χ0n) is 15.5. The van der Waals surface area contributed by atoms with Crippen LogP contribution in [0.3, 0.4) is 0 Å². The molecule has 1 spiro atoms. The summed E-state index contributed by atoms with van der Waals surface area (Å²) in [5.74, 6) is 2.61. The van der Waals surface area contributed by atoms with Crippen LogP contribution in [0, 0.1) is 11.3 Å². The van der Waals surface area contributed by atoms with E-state index in [-0.39, 0.29) is 6.10 Å². The number of nitrogens with one attached hydrogen (secondary N) is 2. The van der Waals surface area contributed by atoms with Gasteiger partial charge in [-0.05, 0) is 37.8 Å². The van der Waals surface area contributed by atoms with Crippen LogP contribution >= 0.6 is 0 Å². The summed E-state index contributed by atoms with van der Waals surface area (Å²) in [7, 11) is 0. The van der Waals surface area contributed by atoms with Crippen LogP contribution in [0.1, 0.15) is 38.2 Å². The number of guanidine groups is 1. The molecule has 1 aromatic carbocycles. The Morgan fingerprint density at radius 1 is 1.31 bits per heavy atom. The predicted octanol–water partition coefficient (Wildman–Crippen LogP) is 2.50. The summed E-state index contributed by atoms with van der Waals surface area (Å²) in [6.45, 7) is 4.62. The van der Waals surface area contributed by atoms with Gasteiger partial charge in [-0.1, -0.05) is 24.6 Å². The molecular formula is C21H29N3O2. The number of hydrogen-bond acceptors (Lipinski definition) is 3. The topological polar surface area (TPSA) is 54.9 Å². The van der Waals surface area contributed by atoms with Gasteiger partial charge in [0, 0.05) is 36.9 Å². The SMILES string of the molecule is CCNC(=NCC1Cc2ccccc2O1)NC1C2CCOC2C12CCC2. The molecule has 1 saturated heterocycles. The highest BCUT2D eigenvalue weighted by Crippen LogP contribution is 2.62. The third-order valence-electron chi connectivity index (χ3n) is 6.84. The molecule has 5 heteroatoms. The van der Waals surface area contributed by atoms with E-state index in [9.17, 15) is 0 Å². The normalized spacial score (nSPS) is 33.7. The molecule has 140 valence electrons. The van der Waals surface area contributed by atoms with Crippen molar-refractivity contribution in [3.05, 3.63) is 29.8 Å². The van der Waals surface area contributed by atoms with Gasteiger partial charge < -0.3 is 20.1 Å². The molecule has 26 heavy (non-hydrogen) atoms. The van der Waals surface area contributed by atoms with Gasteiger partial charge in [0.25, 0.3) is 0 Å². The van der Waals surface area contributed by atoms with Crippen LogP contribution in [0.2, 0.25) is 0 Å². The van der Waals surface area contributed by atoms with Gasteiger partial charge in [0.05, 0.1) is 12.6 Å². The summed E-state index contributed by atoms with van der Waals surface area (Å²) in [6, 6.07) is 8.83. The zero-order valence-corrected chi connectivity index (χ0v) is 15.5. The van der Waals surface area contributed by atoms with Gasteiger partial charge in [-0.3, -0.25) is 0 Å². The molecular weight excluding hydrogens is 326 g/mol. The Bertz CT molecular complexity index is 675. The zero-order chi connectivity index (χ0) is 17.6. The lowest BCUT2D eigenvalue weighted by Gasteiger charge is -2.63. The second kappa shape index (κ2) is 6.45. The van der Waals surface area contributed by atoms with Crippen LogP contribution in [0.15, 0.2) is 29.3 Å². The van der Waals surface area contributed by atoms with Gasteiger partial charge >= 0.3 is 0 Å². The minimum Gasteiger partial charge on any atom is -0.488 e. The van der Waals surface area contributed by atoms with Crippen LogP contribution in [0.4, 0.5) is 0 Å². The Morgan fingerprint density at radius 2 is 2.19 bits per heavy atom. The van der Waals surface area contributed by atoms with Gasteiger partial charge in [-0.2, -0.15) is 0 Å². The standard InChI is InChI=1S/C21H29N3O2/c1-2-22-20(23-13-15-12-14-6-3-4-7-17(14)26-15)24-18-16-8-11-25-19(16)21(18)9-5-10-21/h3-4,6-7,15-16,18-19H,2,5,8-13H2,1H3,(H2,22,23,24). The van der Waals surface area contributed by atoms with Crippen LogP contribution in [0.5, 0.6) is 5.75 Å². The molecule has 4 unspecified atom stereocenters. The van der Waals surface area contributed by atoms with Crippen molar-refractivity contribution in [3.8, 4) is 5.75 Å². The van der Waals surface area contributed by atoms with E-state index >= 15 is 0 Å². The molecule has 4 atom stereocenters. The van der Waals surface area contributed by atoms with E-state index in [0.29, 0.717) is 30.0 Å². The maximum atomic E-state index is 6.04. The molecule has 2 aliphatic heterocycles. The highest BCUT2D eigenvalue weighted by molar-refractivity contribution is 5.80. The van der Waals surface area contributed by atoms with Crippen LogP contribution in [-0.2, 0) is 11.2 Å². The third kappa shape index (κ3) is 2.51.